The molecule has 172 valence electrons. The predicted molar refractivity (Wildman–Crippen MR) is 127 cm³/mol. The van der Waals surface area contributed by atoms with Crippen molar-refractivity contribution in [2.75, 3.05) is 32.0 Å². The van der Waals surface area contributed by atoms with Gasteiger partial charge in [0.2, 0.25) is 10.0 Å². The Morgan fingerprint density at radius 3 is 2.90 bits per heavy atom. The number of aromatic nitrogens is 3. The lowest BCUT2D eigenvalue weighted by molar-refractivity contribution is 0.0200. The van der Waals surface area contributed by atoms with Gasteiger partial charge in [-0.05, 0) is 39.5 Å². The molecule has 1 aromatic heterocycles. The Labute approximate surface area is 196 Å². The van der Waals surface area contributed by atoms with Crippen LogP contribution in [0.1, 0.15) is 44.3 Å². The minimum absolute atomic E-state index is 0. The van der Waals surface area contributed by atoms with Gasteiger partial charge in [0, 0.05) is 32.2 Å². The smallest absolute Gasteiger partial charge is 0.213 e. The summed E-state index contributed by atoms with van der Waals surface area (Å²) in [6.07, 6.45) is 4.83. The maximum absolute atomic E-state index is 12.2. The third-order valence-corrected chi connectivity index (χ3v) is 6.41. The van der Waals surface area contributed by atoms with Gasteiger partial charge in [-0.25, -0.2) is 22.8 Å². The number of fused-ring (bicyclic) bond motifs is 1. The van der Waals surface area contributed by atoms with Crippen LogP contribution in [0, 0.1) is 6.92 Å². The van der Waals surface area contributed by atoms with E-state index < -0.39 is 10.0 Å². The zero-order valence-corrected chi connectivity index (χ0v) is 20.9. The van der Waals surface area contributed by atoms with E-state index in [1.54, 1.807) is 0 Å². The highest BCUT2D eigenvalue weighted by atomic mass is 127. The molecule has 30 heavy (non-hydrogen) atoms. The summed E-state index contributed by atoms with van der Waals surface area (Å²) >= 11 is 0. The molecular weight excluding hydrogens is 521 g/mol. The third-order valence-electron chi connectivity index (χ3n) is 5.08. The van der Waals surface area contributed by atoms with E-state index >= 15 is 0 Å². The van der Waals surface area contributed by atoms with Gasteiger partial charge in [-0.2, -0.15) is 5.10 Å². The number of nitrogens with zero attached hydrogens (tertiary/aromatic N) is 4. The molecular formula is C18H34IN7O3S. The minimum atomic E-state index is -3.38. The largest absolute Gasteiger partial charge is 0.377 e. The van der Waals surface area contributed by atoms with Crippen LogP contribution in [0.25, 0.3) is 0 Å². The highest BCUT2D eigenvalue weighted by molar-refractivity contribution is 14.0. The number of hydrogen-bond acceptors (Lipinski definition) is 6. The lowest BCUT2D eigenvalue weighted by Crippen LogP contribution is -2.47. The van der Waals surface area contributed by atoms with E-state index in [4.69, 9.17) is 4.74 Å². The molecule has 3 heterocycles. The van der Waals surface area contributed by atoms with E-state index in [1.165, 1.54) is 0 Å². The fourth-order valence-corrected chi connectivity index (χ4v) is 4.52. The van der Waals surface area contributed by atoms with E-state index in [-0.39, 0.29) is 48.4 Å². The Balaban J connectivity index is 0.00000320. The van der Waals surface area contributed by atoms with Crippen molar-refractivity contribution >= 4 is 40.0 Å². The molecule has 12 heteroatoms. The number of ether oxygens (including phenoxy) is 1. The van der Waals surface area contributed by atoms with Gasteiger partial charge in [0.05, 0.1) is 24.9 Å². The summed E-state index contributed by atoms with van der Waals surface area (Å²) in [4.78, 5) is 8.87. The molecule has 2 atom stereocenters. The van der Waals surface area contributed by atoms with Crippen LogP contribution in [0.4, 0.5) is 0 Å². The molecule has 2 aliphatic rings. The van der Waals surface area contributed by atoms with Crippen molar-refractivity contribution in [3.05, 3.63) is 11.6 Å². The van der Waals surface area contributed by atoms with Crippen LogP contribution in [-0.4, -0.2) is 73.3 Å². The van der Waals surface area contributed by atoms with Gasteiger partial charge >= 0.3 is 0 Å². The Morgan fingerprint density at radius 1 is 1.33 bits per heavy atom. The van der Waals surface area contributed by atoms with Crippen LogP contribution in [0.3, 0.4) is 0 Å². The first-order chi connectivity index (χ1) is 13.9. The second-order valence-electron chi connectivity index (χ2n) is 7.55. The fraction of sp³-hybridized carbons (Fsp3) is 0.833. The van der Waals surface area contributed by atoms with Crippen molar-refractivity contribution in [1.82, 2.24) is 30.1 Å². The van der Waals surface area contributed by atoms with Crippen LogP contribution in [0.2, 0.25) is 0 Å². The van der Waals surface area contributed by atoms with E-state index in [0.29, 0.717) is 25.7 Å². The number of aryl methyl sites for hydroxylation is 2. The van der Waals surface area contributed by atoms with Crippen LogP contribution < -0.4 is 15.4 Å². The molecule has 0 saturated carbocycles. The lowest BCUT2D eigenvalue weighted by atomic mass is 10.1. The number of guanidine groups is 1. The number of halogens is 1. The van der Waals surface area contributed by atoms with Gasteiger partial charge in [0.1, 0.15) is 11.6 Å². The maximum Gasteiger partial charge on any atom is 0.213 e. The average molecular weight is 555 g/mol. The van der Waals surface area contributed by atoms with Crippen molar-refractivity contribution < 1.29 is 13.2 Å². The summed E-state index contributed by atoms with van der Waals surface area (Å²) in [6, 6.07) is 0.180. The Kier molecular flexibility index (Phi) is 10.2. The molecule has 0 aliphatic carbocycles. The number of hydrogen-bond donors (Lipinski definition) is 3. The van der Waals surface area contributed by atoms with E-state index in [1.807, 2.05) is 18.5 Å². The van der Waals surface area contributed by atoms with Gasteiger partial charge in [-0.1, -0.05) is 0 Å². The molecule has 10 nitrogen and oxygen atoms in total. The SMILES string of the molecule is CCNC(=NCCS(=O)(=O)NCC1CCCCO1)NC1CCc2nc(C)nn2C1.I. The number of aliphatic imine (C=N–C) groups is 1. The Hall–Kier alpha value is -0.990. The normalized spacial score (nSPS) is 22.1. The first-order valence-electron chi connectivity index (χ1n) is 10.5. The highest BCUT2D eigenvalue weighted by Gasteiger charge is 2.22. The topological polar surface area (TPSA) is 123 Å². The van der Waals surface area contributed by atoms with Crippen LogP contribution >= 0.6 is 24.0 Å². The molecule has 1 saturated heterocycles. The van der Waals surface area contributed by atoms with Crippen LogP contribution in [0.15, 0.2) is 4.99 Å². The molecule has 1 fully saturated rings. The van der Waals surface area contributed by atoms with Crippen molar-refractivity contribution in [3.63, 3.8) is 0 Å². The van der Waals surface area contributed by atoms with Gasteiger partial charge < -0.3 is 15.4 Å². The summed E-state index contributed by atoms with van der Waals surface area (Å²) in [7, 11) is -3.38. The molecule has 1 aromatic rings. The molecule has 0 amide bonds. The molecule has 2 aliphatic heterocycles. The van der Waals surface area contributed by atoms with Crippen molar-refractivity contribution in [2.45, 2.75) is 64.6 Å². The van der Waals surface area contributed by atoms with Crippen LogP contribution in [-0.2, 0) is 27.7 Å². The van der Waals surface area contributed by atoms with Crippen molar-refractivity contribution in [2.24, 2.45) is 4.99 Å². The van der Waals surface area contributed by atoms with Gasteiger partial charge in [0.25, 0.3) is 0 Å². The number of rotatable bonds is 8. The number of nitrogens with one attached hydrogen (secondary N) is 3. The Bertz CT molecular complexity index is 794. The molecule has 0 radical (unpaired) electrons. The monoisotopic (exact) mass is 555 g/mol. The van der Waals surface area contributed by atoms with Gasteiger partial charge in [-0.3, -0.25) is 4.99 Å². The summed E-state index contributed by atoms with van der Waals surface area (Å²) in [6.45, 7) is 6.56. The van der Waals surface area contributed by atoms with E-state index in [9.17, 15) is 8.42 Å². The molecule has 2 unspecified atom stereocenters. The van der Waals surface area contributed by atoms with Gasteiger partial charge in [-0.15, -0.1) is 24.0 Å². The molecule has 0 spiro atoms. The maximum atomic E-state index is 12.2. The molecule has 0 aromatic carbocycles. The van der Waals surface area contributed by atoms with Crippen molar-refractivity contribution in [1.29, 1.82) is 0 Å². The molecule has 3 rings (SSSR count). The summed E-state index contributed by atoms with van der Waals surface area (Å²) < 4.78 is 34.6. The minimum Gasteiger partial charge on any atom is -0.377 e. The zero-order valence-electron chi connectivity index (χ0n) is 17.8. The standard InChI is InChI=1S/C18H33N7O3S.HI/c1-3-19-18(23-15-7-8-17-22-14(2)24-25(17)13-15)20-9-11-29(26,27)21-12-16-6-4-5-10-28-16;/h15-16,21H,3-13H2,1-2H3,(H2,19,20,23);1H. The highest BCUT2D eigenvalue weighted by Crippen LogP contribution is 2.13. The summed E-state index contributed by atoms with van der Waals surface area (Å²) in [5, 5.41) is 11.0. The third kappa shape index (κ3) is 7.93. The lowest BCUT2D eigenvalue weighted by Gasteiger charge is -2.25. The quantitative estimate of drug-likeness (QED) is 0.244. The van der Waals surface area contributed by atoms with Gasteiger partial charge in [0.15, 0.2) is 5.96 Å². The first-order valence-corrected chi connectivity index (χ1v) is 12.1. The first kappa shape index (κ1) is 25.3. The summed E-state index contributed by atoms with van der Waals surface area (Å²) in [5.41, 5.74) is 0. The van der Waals surface area contributed by atoms with E-state index in [2.05, 4.69) is 30.4 Å². The molecule has 0 bridgehead atoms. The van der Waals surface area contributed by atoms with Crippen LogP contribution in [0.5, 0.6) is 0 Å². The summed E-state index contributed by atoms with van der Waals surface area (Å²) in [5.74, 6) is 2.38. The zero-order chi connectivity index (χ0) is 20.7. The second kappa shape index (κ2) is 12.2. The van der Waals surface area contributed by atoms with E-state index in [0.717, 1.165) is 50.3 Å². The fourth-order valence-electron chi connectivity index (χ4n) is 3.60. The number of sulfonamides is 1. The predicted octanol–water partition coefficient (Wildman–Crippen LogP) is 0.563. The van der Waals surface area contributed by atoms with Crippen molar-refractivity contribution in [3.8, 4) is 0 Å². The molecule has 3 N–H and O–H groups in total. The second-order valence-corrected chi connectivity index (χ2v) is 9.48. The Morgan fingerprint density at radius 2 is 2.17 bits per heavy atom. The average Bonchev–Trinajstić information content (AvgIpc) is 3.06.